The Hall–Kier alpha value is -2.01. The molecule has 178 valence electrons. The van der Waals surface area contributed by atoms with Crippen LogP contribution in [0.4, 0.5) is 5.00 Å². The zero-order chi connectivity index (χ0) is 23.8. The molecule has 4 rings (SSSR count). The summed E-state index contributed by atoms with van der Waals surface area (Å²) in [6.07, 6.45) is 11.3. The van der Waals surface area contributed by atoms with E-state index in [9.17, 15) is 0 Å². The molecule has 0 fully saturated rings. The molecule has 1 aliphatic heterocycles. The van der Waals surface area contributed by atoms with E-state index < -0.39 is 0 Å². The number of halogens is 1. The number of aliphatic imine (C=N–C) groups is 1. The summed E-state index contributed by atoms with van der Waals surface area (Å²) in [5.41, 5.74) is 5.83. The minimum Gasteiger partial charge on any atom is -0.340 e. The van der Waals surface area contributed by atoms with Gasteiger partial charge in [0.25, 0.3) is 0 Å². The predicted octanol–water partition coefficient (Wildman–Crippen LogP) is 8.68. The maximum atomic E-state index is 6.50. The fourth-order valence-corrected chi connectivity index (χ4v) is 5.91. The van der Waals surface area contributed by atoms with E-state index in [1.807, 2.05) is 24.3 Å². The average molecular weight is 509 g/mol. The molecule has 1 aliphatic rings. The molecular formula is C29H33ClN2S2. The Morgan fingerprint density at radius 3 is 2.35 bits per heavy atom. The van der Waals surface area contributed by atoms with Crippen LogP contribution in [-0.2, 0) is 19.3 Å². The van der Waals surface area contributed by atoms with Gasteiger partial charge in [0.05, 0.1) is 12.3 Å². The molecule has 5 heteroatoms. The van der Waals surface area contributed by atoms with Gasteiger partial charge in [-0.15, -0.1) is 11.3 Å². The highest BCUT2D eigenvalue weighted by Gasteiger charge is 2.21. The summed E-state index contributed by atoms with van der Waals surface area (Å²) in [4.78, 5) is 6.88. The first kappa shape index (κ1) is 25.1. The number of hydrogen-bond acceptors (Lipinski definition) is 3. The number of thiocarbonyl (C=S) groups is 1. The Kier molecular flexibility index (Phi) is 9.32. The Labute approximate surface area is 218 Å². The summed E-state index contributed by atoms with van der Waals surface area (Å²) < 4.78 is 0. The summed E-state index contributed by atoms with van der Waals surface area (Å²) in [6, 6.07) is 19.4. The molecule has 1 N–H and O–H groups in total. The van der Waals surface area contributed by atoms with E-state index in [1.54, 1.807) is 11.3 Å². The molecule has 0 saturated carbocycles. The van der Waals surface area contributed by atoms with Crippen molar-refractivity contribution in [2.75, 3.05) is 11.9 Å². The van der Waals surface area contributed by atoms with Crippen LogP contribution in [0.15, 0.2) is 59.6 Å². The smallest absolute Gasteiger partial charge is 0.103 e. The van der Waals surface area contributed by atoms with Gasteiger partial charge in [-0.2, -0.15) is 0 Å². The number of nitrogens with one attached hydrogen (secondary N) is 1. The van der Waals surface area contributed by atoms with Crippen LogP contribution in [0, 0.1) is 0 Å². The van der Waals surface area contributed by atoms with Crippen molar-refractivity contribution in [2.24, 2.45) is 4.99 Å². The molecule has 0 amide bonds. The topological polar surface area (TPSA) is 24.4 Å². The van der Waals surface area contributed by atoms with Gasteiger partial charge in [-0.05, 0) is 48.9 Å². The zero-order valence-electron chi connectivity index (χ0n) is 19.9. The molecule has 2 aromatic carbocycles. The van der Waals surface area contributed by atoms with Gasteiger partial charge in [0.2, 0.25) is 0 Å². The lowest BCUT2D eigenvalue weighted by atomic mass is 10.0. The van der Waals surface area contributed by atoms with Crippen molar-refractivity contribution in [1.29, 1.82) is 0 Å². The first-order valence-corrected chi connectivity index (χ1v) is 14.0. The van der Waals surface area contributed by atoms with Gasteiger partial charge in [0.15, 0.2) is 0 Å². The van der Waals surface area contributed by atoms with Crippen LogP contribution in [-0.4, -0.2) is 17.2 Å². The van der Waals surface area contributed by atoms with Gasteiger partial charge in [-0.25, -0.2) is 0 Å². The Bertz CT molecular complexity index is 1130. The van der Waals surface area contributed by atoms with E-state index in [-0.39, 0.29) is 0 Å². The largest absolute Gasteiger partial charge is 0.340 e. The number of nitrogens with zero attached hydrogens (tertiary/aromatic N) is 1. The lowest BCUT2D eigenvalue weighted by Gasteiger charge is -2.07. The van der Waals surface area contributed by atoms with Crippen molar-refractivity contribution < 1.29 is 0 Å². The van der Waals surface area contributed by atoms with Crippen LogP contribution >= 0.6 is 35.2 Å². The van der Waals surface area contributed by atoms with Gasteiger partial charge in [-0.3, -0.25) is 4.99 Å². The van der Waals surface area contributed by atoms with Crippen LogP contribution in [0.3, 0.4) is 0 Å². The molecule has 2 nitrogen and oxygen atoms in total. The quantitative estimate of drug-likeness (QED) is 0.207. The van der Waals surface area contributed by atoms with Crippen molar-refractivity contribution in [3.05, 3.63) is 86.8 Å². The van der Waals surface area contributed by atoms with Crippen LogP contribution in [0.2, 0.25) is 5.02 Å². The van der Waals surface area contributed by atoms with E-state index in [0.29, 0.717) is 11.6 Å². The fourth-order valence-electron chi connectivity index (χ4n) is 4.37. The predicted molar refractivity (Wildman–Crippen MR) is 153 cm³/mol. The Morgan fingerprint density at radius 1 is 0.882 bits per heavy atom. The van der Waals surface area contributed by atoms with Gasteiger partial charge >= 0.3 is 0 Å². The van der Waals surface area contributed by atoms with Crippen molar-refractivity contribution in [3.8, 4) is 0 Å². The first-order valence-electron chi connectivity index (χ1n) is 12.4. The zero-order valence-corrected chi connectivity index (χ0v) is 22.3. The number of anilines is 1. The van der Waals surface area contributed by atoms with Crippen molar-refractivity contribution in [3.63, 3.8) is 0 Å². The highest BCUT2D eigenvalue weighted by atomic mass is 35.5. The Morgan fingerprint density at radius 2 is 1.59 bits per heavy atom. The highest BCUT2D eigenvalue weighted by molar-refractivity contribution is 7.80. The number of benzene rings is 2. The third kappa shape index (κ3) is 6.78. The molecular weight excluding hydrogens is 476 g/mol. The van der Waals surface area contributed by atoms with Gasteiger partial charge in [0, 0.05) is 21.0 Å². The number of thiophene rings is 1. The summed E-state index contributed by atoms with van der Waals surface area (Å²) in [5.74, 6) is 0. The van der Waals surface area contributed by atoms with Crippen molar-refractivity contribution >= 4 is 50.9 Å². The molecule has 0 spiro atoms. The number of rotatable bonds is 11. The second-order valence-corrected chi connectivity index (χ2v) is 11.0. The molecule has 0 bridgehead atoms. The standard InChI is InChI=1S/C29H33ClN2S2/c1-2-3-4-5-6-7-10-21-13-15-22(16-14-21)17-18-23-19-25-28(24-11-8-9-12-26(24)30)31-20-27(33)32-29(25)34-23/h8-9,11-16,19H,2-7,10,17-18,20H2,1H3,(H,32,33). The molecule has 2 heterocycles. The van der Waals surface area contributed by atoms with E-state index in [4.69, 9.17) is 28.8 Å². The summed E-state index contributed by atoms with van der Waals surface area (Å²) in [6.45, 7) is 2.76. The van der Waals surface area contributed by atoms with Gasteiger partial charge in [-0.1, -0.05) is 105 Å². The molecule has 3 aromatic rings. The van der Waals surface area contributed by atoms with Crippen molar-refractivity contribution in [2.45, 2.75) is 64.7 Å². The minimum atomic E-state index is 0.484. The van der Waals surface area contributed by atoms with Gasteiger partial charge < -0.3 is 5.32 Å². The normalized spacial score (nSPS) is 13.2. The third-order valence-electron chi connectivity index (χ3n) is 6.30. The average Bonchev–Trinajstić information content (AvgIpc) is 3.17. The maximum Gasteiger partial charge on any atom is 0.103 e. The fraction of sp³-hybridized carbons (Fsp3) is 0.379. The summed E-state index contributed by atoms with van der Waals surface area (Å²) in [7, 11) is 0. The second-order valence-electron chi connectivity index (χ2n) is 8.98. The van der Waals surface area contributed by atoms with Gasteiger partial charge in [0.1, 0.15) is 9.99 Å². The lowest BCUT2D eigenvalue weighted by molar-refractivity contribution is 0.607. The maximum absolute atomic E-state index is 6.50. The number of hydrogen-bond donors (Lipinski definition) is 1. The lowest BCUT2D eigenvalue weighted by Crippen LogP contribution is -2.09. The van der Waals surface area contributed by atoms with Crippen LogP contribution in [0.1, 0.15) is 72.6 Å². The van der Waals surface area contributed by atoms with E-state index >= 15 is 0 Å². The summed E-state index contributed by atoms with van der Waals surface area (Å²) >= 11 is 13.8. The second kappa shape index (κ2) is 12.6. The third-order valence-corrected chi connectivity index (χ3v) is 7.97. The minimum absolute atomic E-state index is 0.484. The van der Waals surface area contributed by atoms with E-state index in [0.717, 1.165) is 39.7 Å². The number of unbranched alkanes of at least 4 members (excludes halogenated alkanes) is 5. The number of fused-ring (bicyclic) bond motifs is 1. The molecule has 1 aromatic heterocycles. The molecule has 0 aliphatic carbocycles. The number of aryl methyl sites for hydroxylation is 3. The SMILES string of the molecule is CCCCCCCCc1ccc(CCc2cc3c(s2)NC(=S)CN=C3c2ccccc2Cl)cc1. The van der Waals surface area contributed by atoms with E-state index in [2.05, 4.69) is 42.6 Å². The summed E-state index contributed by atoms with van der Waals surface area (Å²) in [5, 5.41) is 5.19. The van der Waals surface area contributed by atoms with Crippen LogP contribution in [0.25, 0.3) is 0 Å². The van der Waals surface area contributed by atoms with Crippen LogP contribution in [0.5, 0.6) is 0 Å². The molecule has 0 unspecified atom stereocenters. The van der Waals surface area contributed by atoms with Crippen LogP contribution < -0.4 is 5.32 Å². The molecule has 0 saturated heterocycles. The molecule has 0 radical (unpaired) electrons. The highest BCUT2D eigenvalue weighted by Crippen LogP contribution is 2.34. The van der Waals surface area contributed by atoms with E-state index in [1.165, 1.54) is 60.9 Å². The monoisotopic (exact) mass is 508 g/mol. The van der Waals surface area contributed by atoms with Crippen molar-refractivity contribution in [1.82, 2.24) is 0 Å². The molecule has 34 heavy (non-hydrogen) atoms. The Balaban J connectivity index is 1.38. The first-order chi connectivity index (χ1) is 16.6. The molecule has 0 atom stereocenters.